The van der Waals surface area contributed by atoms with Crippen LogP contribution < -0.4 is 5.32 Å². The van der Waals surface area contributed by atoms with E-state index in [4.69, 9.17) is 0 Å². The maximum Gasteiger partial charge on any atom is 0.263 e. The van der Waals surface area contributed by atoms with Crippen LogP contribution in [0.15, 0.2) is 30.3 Å². The molecule has 1 saturated heterocycles. The molecule has 1 atom stereocenters. The van der Waals surface area contributed by atoms with Crippen molar-refractivity contribution in [3.63, 3.8) is 0 Å². The first-order valence-electron chi connectivity index (χ1n) is 11.2. The Balaban J connectivity index is 1.34. The van der Waals surface area contributed by atoms with Crippen LogP contribution in [0.3, 0.4) is 0 Å². The van der Waals surface area contributed by atoms with E-state index in [0.29, 0.717) is 43.0 Å². The summed E-state index contributed by atoms with van der Waals surface area (Å²) in [7, 11) is 0. The summed E-state index contributed by atoms with van der Waals surface area (Å²) >= 11 is 1.66. The molecule has 4 rings (SSSR count). The number of likely N-dealkylation sites (tertiary alicyclic amines) is 1. The lowest BCUT2D eigenvalue weighted by Crippen LogP contribution is -2.41. The van der Waals surface area contributed by atoms with Gasteiger partial charge in [0.15, 0.2) is 0 Å². The summed E-state index contributed by atoms with van der Waals surface area (Å²) in [6, 6.07) is 8.87. The standard InChI is InChI=1S/C25H32N2O3S/c1-25(2,3)18-8-9-21-17(14-18)15-22(31-21)24(30)27-12-10-16(11-13-27)23(29)26-19-6-4-5-7-20(19)28/h4-7,15-16,18,28H,8-14H2,1-3H3,(H,26,29). The maximum atomic E-state index is 13.1. The molecule has 1 aromatic heterocycles. The summed E-state index contributed by atoms with van der Waals surface area (Å²) in [4.78, 5) is 29.8. The van der Waals surface area contributed by atoms with Gasteiger partial charge in [-0.15, -0.1) is 11.3 Å². The van der Waals surface area contributed by atoms with Crippen LogP contribution in [0.1, 0.15) is 60.1 Å². The second kappa shape index (κ2) is 8.65. The van der Waals surface area contributed by atoms with E-state index in [2.05, 4.69) is 32.2 Å². The summed E-state index contributed by atoms with van der Waals surface area (Å²) in [5, 5.41) is 12.7. The number of phenols is 1. The van der Waals surface area contributed by atoms with Crippen molar-refractivity contribution in [1.29, 1.82) is 0 Å². The second-order valence-electron chi connectivity index (χ2n) is 9.94. The molecule has 0 saturated carbocycles. The van der Waals surface area contributed by atoms with Crippen molar-refractivity contribution in [3.8, 4) is 5.75 Å². The molecule has 6 heteroatoms. The molecule has 0 bridgehead atoms. The number of para-hydroxylation sites is 2. The van der Waals surface area contributed by atoms with Gasteiger partial charge in [-0.3, -0.25) is 9.59 Å². The molecule has 31 heavy (non-hydrogen) atoms. The molecule has 2 heterocycles. The molecular formula is C25H32N2O3S. The van der Waals surface area contributed by atoms with Gasteiger partial charge >= 0.3 is 0 Å². The Labute approximate surface area is 188 Å². The van der Waals surface area contributed by atoms with Gasteiger partial charge < -0.3 is 15.3 Å². The van der Waals surface area contributed by atoms with E-state index in [1.165, 1.54) is 16.9 Å². The van der Waals surface area contributed by atoms with Crippen molar-refractivity contribution in [2.24, 2.45) is 17.3 Å². The molecule has 2 aliphatic rings. The molecule has 2 N–H and O–H groups in total. The number of phenolic OH excluding ortho intramolecular Hbond substituents is 1. The monoisotopic (exact) mass is 440 g/mol. The van der Waals surface area contributed by atoms with Gasteiger partial charge in [0.05, 0.1) is 10.6 Å². The normalized spacial score (nSPS) is 19.7. The van der Waals surface area contributed by atoms with Crippen LogP contribution >= 0.6 is 11.3 Å². The molecule has 1 unspecified atom stereocenters. The number of carbonyl (C=O) groups is 2. The Kier molecular flexibility index (Phi) is 6.11. The number of aryl methyl sites for hydroxylation is 1. The Morgan fingerprint density at radius 1 is 1.13 bits per heavy atom. The topological polar surface area (TPSA) is 69.6 Å². The third kappa shape index (κ3) is 4.79. The van der Waals surface area contributed by atoms with E-state index in [0.717, 1.165) is 17.7 Å². The lowest BCUT2D eigenvalue weighted by molar-refractivity contribution is -0.121. The molecule has 1 aliphatic carbocycles. The number of benzene rings is 1. The fraction of sp³-hybridized carbons (Fsp3) is 0.520. The number of fused-ring (bicyclic) bond motifs is 1. The Morgan fingerprint density at radius 3 is 2.52 bits per heavy atom. The number of nitrogens with zero attached hydrogens (tertiary/aromatic N) is 1. The zero-order valence-corrected chi connectivity index (χ0v) is 19.4. The average Bonchev–Trinajstić information content (AvgIpc) is 3.18. The average molecular weight is 441 g/mol. The number of amides is 2. The minimum absolute atomic E-state index is 0.0684. The number of nitrogens with one attached hydrogen (secondary N) is 1. The number of carbonyl (C=O) groups excluding carboxylic acids is 2. The SMILES string of the molecule is CC(C)(C)C1CCc2sc(C(=O)N3CCC(C(=O)Nc4ccccc4O)CC3)cc2C1. The lowest BCUT2D eigenvalue weighted by atomic mass is 9.72. The molecule has 1 aromatic carbocycles. The number of anilines is 1. The summed E-state index contributed by atoms with van der Waals surface area (Å²) in [5.41, 5.74) is 2.09. The van der Waals surface area contributed by atoms with Gasteiger partial charge in [-0.1, -0.05) is 32.9 Å². The summed E-state index contributed by atoms with van der Waals surface area (Å²) in [6.07, 6.45) is 4.62. The molecule has 2 amide bonds. The highest BCUT2D eigenvalue weighted by Gasteiger charge is 2.32. The van der Waals surface area contributed by atoms with Crippen LogP contribution in [0.5, 0.6) is 5.75 Å². The van der Waals surface area contributed by atoms with Crippen LogP contribution in [-0.4, -0.2) is 34.9 Å². The molecular weight excluding hydrogens is 408 g/mol. The van der Waals surface area contributed by atoms with Crippen molar-refractivity contribution < 1.29 is 14.7 Å². The third-order valence-electron chi connectivity index (χ3n) is 6.83. The van der Waals surface area contributed by atoms with Gasteiger partial charge in [0, 0.05) is 23.9 Å². The maximum absolute atomic E-state index is 13.1. The molecule has 0 spiro atoms. The van der Waals surface area contributed by atoms with Gasteiger partial charge in [-0.2, -0.15) is 0 Å². The quantitative estimate of drug-likeness (QED) is 0.653. The Bertz CT molecular complexity index is 967. The summed E-state index contributed by atoms with van der Waals surface area (Å²) < 4.78 is 0. The predicted molar refractivity (Wildman–Crippen MR) is 125 cm³/mol. The number of rotatable bonds is 3. The van der Waals surface area contributed by atoms with Crippen molar-refractivity contribution >= 4 is 28.8 Å². The smallest absolute Gasteiger partial charge is 0.263 e. The van der Waals surface area contributed by atoms with Crippen LogP contribution in [0, 0.1) is 17.3 Å². The molecule has 1 aliphatic heterocycles. The van der Waals surface area contributed by atoms with Crippen LogP contribution in [0.2, 0.25) is 0 Å². The van der Waals surface area contributed by atoms with E-state index in [9.17, 15) is 14.7 Å². The van der Waals surface area contributed by atoms with Gasteiger partial charge in [-0.05, 0) is 67.2 Å². The molecule has 166 valence electrons. The highest BCUT2D eigenvalue weighted by molar-refractivity contribution is 7.14. The highest BCUT2D eigenvalue weighted by atomic mass is 32.1. The summed E-state index contributed by atoms with van der Waals surface area (Å²) in [6.45, 7) is 8.09. The van der Waals surface area contributed by atoms with Crippen molar-refractivity contribution in [2.45, 2.75) is 52.9 Å². The fourth-order valence-corrected chi connectivity index (χ4v) is 5.86. The Morgan fingerprint density at radius 2 is 1.84 bits per heavy atom. The number of hydrogen-bond acceptors (Lipinski definition) is 4. The zero-order valence-electron chi connectivity index (χ0n) is 18.6. The van der Waals surface area contributed by atoms with Crippen molar-refractivity contribution in [2.75, 3.05) is 18.4 Å². The van der Waals surface area contributed by atoms with Crippen LogP contribution in [-0.2, 0) is 17.6 Å². The largest absolute Gasteiger partial charge is 0.506 e. The van der Waals surface area contributed by atoms with Gasteiger partial charge in [0.25, 0.3) is 5.91 Å². The molecule has 0 radical (unpaired) electrons. The van der Waals surface area contributed by atoms with E-state index in [-0.39, 0.29) is 23.5 Å². The first kappa shape index (κ1) is 21.9. The molecule has 1 fully saturated rings. The van der Waals surface area contributed by atoms with Crippen LogP contribution in [0.4, 0.5) is 5.69 Å². The van der Waals surface area contributed by atoms with Gasteiger partial charge in [-0.25, -0.2) is 0 Å². The van der Waals surface area contributed by atoms with E-state index in [1.54, 1.807) is 35.6 Å². The summed E-state index contributed by atoms with van der Waals surface area (Å²) in [5.74, 6) is 0.599. The van der Waals surface area contributed by atoms with E-state index in [1.807, 2.05) is 4.90 Å². The number of piperidine rings is 1. The van der Waals surface area contributed by atoms with Crippen LogP contribution in [0.25, 0.3) is 0 Å². The zero-order chi connectivity index (χ0) is 22.2. The van der Waals surface area contributed by atoms with Gasteiger partial charge in [0.2, 0.25) is 5.91 Å². The van der Waals surface area contributed by atoms with Crippen molar-refractivity contribution in [1.82, 2.24) is 4.90 Å². The first-order chi connectivity index (χ1) is 14.7. The Hall–Kier alpha value is -2.34. The fourth-order valence-electron chi connectivity index (χ4n) is 4.68. The first-order valence-corrected chi connectivity index (χ1v) is 12.0. The van der Waals surface area contributed by atoms with Gasteiger partial charge in [0.1, 0.15) is 5.75 Å². The minimum atomic E-state index is -0.146. The second-order valence-corrected chi connectivity index (χ2v) is 11.1. The highest BCUT2D eigenvalue weighted by Crippen LogP contribution is 2.40. The predicted octanol–water partition coefficient (Wildman–Crippen LogP) is 5.10. The molecule has 2 aromatic rings. The van der Waals surface area contributed by atoms with Crippen molar-refractivity contribution in [3.05, 3.63) is 45.6 Å². The van der Waals surface area contributed by atoms with E-state index >= 15 is 0 Å². The lowest BCUT2D eigenvalue weighted by Gasteiger charge is -2.33. The molecule has 5 nitrogen and oxygen atoms in total. The number of hydrogen-bond donors (Lipinski definition) is 2. The third-order valence-corrected chi connectivity index (χ3v) is 8.06. The van der Waals surface area contributed by atoms with E-state index < -0.39 is 0 Å². The minimum Gasteiger partial charge on any atom is -0.506 e. The number of aromatic hydroxyl groups is 1. The number of thiophene rings is 1.